The van der Waals surface area contributed by atoms with E-state index in [9.17, 15) is 29.3 Å². The molecule has 4 unspecified atom stereocenters. The predicted molar refractivity (Wildman–Crippen MR) is 165 cm³/mol. The van der Waals surface area contributed by atoms with Crippen molar-refractivity contribution in [2.75, 3.05) is 11.5 Å². The highest BCUT2D eigenvalue weighted by atomic mass is 35.5. The quantitative estimate of drug-likeness (QED) is 0.0593. The van der Waals surface area contributed by atoms with E-state index in [0.29, 0.717) is 32.9 Å². The number of nitrogens with zero attached hydrogens (tertiary/aromatic N) is 3. The van der Waals surface area contributed by atoms with E-state index < -0.39 is 23.3 Å². The number of aromatic nitrogens is 1. The van der Waals surface area contributed by atoms with Crippen LogP contribution in [0.25, 0.3) is 22.2 Å². The third-order valence-corrected chi connectivity index (χ3v) is 9.35. The molecule has 11 heteroatoms. The van der Waals surface area contributed by atoms with Crippen LogP contribution in [-0.4, -0.2) is 40.1 Å². The number of carbonyl (C=O) groups excluding carboxylic acids is 4. The normalized spacial score (nSPS) is 21.6. The smallest absolute Gasteiger partial charge is 0.339 e. The number of hydrogen-bond donors (Lipinski definition) is 0. The molecule has 4 aromatic rings. The number of Topliss-reactive ketones (excluding diaryl/α,β-unsaturated/α-hetero) is 1. The van der Waals surface area contributed by atoms with E-state index in [-0.39, 0.29) is 52.3 Å². The molecule has 0 radical (unpaired) electrons. The molecular weight excluding hydrogens is 598 g/mol. The summed E-state index contributed by atoms with van der Waals surface area (Å²) in [6.07, 6.45) is 2.99. The van der Waals surface area contributed by atoms with Gasteiger partial charge in [0, 0.05) is 28.6 Å². The minimum atomic E-state index is -0.781. The lowest BCUT2D eigenvalue weighted by Gasteiger charge is -2.19. The molecule has 4 atom stereocenters. The van der Waals surface area contributed by atoms with Crippen LogP contribution in [0.1, 0.15) is 34.1 Å². The Bertz CT molecular complexity index is 1990. The van der Waals surface area contributed by atoms with E-state index in [1.54, 1.807) is 42.5 Å². The number of imide groups is 1. The van der Waals surface area contributed by atoms with Gasteiger partial charge < -0.3 is 4.74 Å². The van der Waals surface area contributed by atoms with Gasteiger partial charge >= 0.3 is 5.97 Å². The number of benzene rings is 3. The van der Waals surface area contributed by atoms with E-state index in [4.69, 9.17) is 16.3 Å². The summed E-state index contributed by atoms with van der Waals surface area (Å²) in [5.41, 5.74) is 3.14. The number of esters is 1. The highest BCUT2D eigenvalue weighted by Crippen LogP contribution is 2.56. The Balaban J connectivity index is 1.14. The zero-order valence-corrected chi connectivity index (χ0v) is 24.6. The number of para-hydroxylation sites is 1. The second-order valence-corrected chi connectivity index (χ2v) is 11.9. The largest absolute Gasteiger partial charge is 0.454 e. The number of nitro groups is 1. The summed E-state index contributed by atoms with van der Waals surface area (Å²) in [5.74, 6) is -2.03. The molecule has 1 aliphatic heterocycles. The standard InChI is InChI=1S/C34H24ClN3O7/c1-17-13-20-14-24(17)30-29(20)32(40)37(33(30)41)21-9-5-18(6-10-21)27-15-25(23-3-2-4-26(35)31(23)36-27)34(42)45-16-28(39)19-7-11-22(12-8-19)38(43)44/h2-13,15,20,24,29-30H,14,16H2,1H3. The number of anilines is 1. The van der Waals surface area contributed by atoms with Gasteiger partial charge in [-0.3, -0.25) is 29.4 Å². The number of ether oxygens (including phenoxy) is 1. The predicted octanol–water partition coefficient (Wildman–Crippen LogP) is 6.20. The van der Waals surface area contributed by atoms with Gasteiger partial charge in [0.2, 0.25) is 11.8 Å². The Labute approximate surface area is 261 Å². The summed E-state index contributed by atoms with van der Waals surface area (Å²) in [4.78, 5) is 68.9. The molecule has 3 aliphatic rings. The molecule has 10 nitrogen and oxygen atoms in total. The minimum Gasteiger partial charge on any atom is -0.454 e. The highest BCUT2D eigenvalue weighted by Gasteiger charge is 2.60. The van der Waals surface area contributed by atoms with Crippen molar-refractivity contribution in [3.05, 3.63) is 111 Å². The first-order chi connectivity index (χ1) is 21.6. The Kier molecular flexibility index (Phi) is 6.81. The van der Waals surface area contributed by atoms with E-state index in [2.05, 4.69) is 11.1 Å². The fourth-order valence-corrected chi connectivity index (χ4v) is 7.12. The van der Waals surface area contributed by atoms with Gasteiger partial charge in [0.1, 0.15) is 0 Å². The second kappa shape index (κ2) is 10.7. The Hall–Kier alpha value is -5.22. The van der Waals surface area contributed by atoms with Gasteiger partial charge in [-0.25, -0.2) is 9.78 Å². The molecule has 1 aromatic heterocycles. The van der Waals surface area contributed by atoms with Crippen LogP contribution in [0.15, 0.2) is 84.4 Å². The molecule has 1 saturated carbocycles. The van der Waals surface area contributed by atoms with Crippen molar-refractivity contribution in [1.29, 1.82) is 0 Å². The summed E-state index contributed by atoms with van der Waals surface area (Å²) >= 11 is 6.46. The fraction of sp³-hybridized carbons (Fsp3) is 0.206. The van der Waals surface area contributed by atoms with Gasteiger partial charge in [0.05, 0.1) is 44.2 Å². The first-order valence-corrected chi connectivity index (χ1v) is 14.7. The van der Waals surface area contributed by atoms with Crippen LogP contribution >= 0.6 is 11.6 Å². The first kappa shape index (κ1) is 28.5. The zero-order chi connectivity index (χ0) is 31.6. The molecule has 2 fully saturated rings. The van der Waals surface area contributed by atoms with Crippen molar-refractivity contribution >= 4 is 57.4 Å². The van der Waals surface area contributed by atoms with E-state index in [0.717, 1.165) is 6.42 Å². The Morgan fingerprint density at radius 3 is 2.44 bits per heavy atom. The van der Waals surface area contributed by atoms with Gasteiger partial charge in [-0.2, -0.15) is 0 Å². The fourth-order valence-electron chi connectivity index (χ4n) is 6.90. The summed E-state index contributed by atoms with van der Waals surface area (Å²) in [6, 6.07) is 18.3. The lowest BCUT2D eigenvalue weighted by molar-refractivity contribution is -0.384. The van der Waals surface area contributed by atoms with Gasteiger partial charge in [-0.05, 0) is 61.6 Å². The number of halogens is 1. The molecule has 2 heterocycles. The Morgan fingerprint density at radius 1 is 1.02 bits per heavy atom. The summed E-state index contributed by atoms with van der Waals surface area (Å²) in [7, 11) is 0. The molecule has 1 saturated heterocycles. The van der Waals surface area contributed by atoms with Gasteiger partial charge in [-0.15, -0.1) is 0 Å². The van der Waals surface area contributed by atoms with Crippen LogP contribution in [0, 0.1) is 33.8 Å². The monoisotopic (exact) mass is 621 g/mol. The molecule has 0 N–H and O–H groups in total. The SMILES string of the molecule is CC1=CC2CC1C1C(=O)N(c3ccc(-c4cc(C(=O)OCC(=O)c5ccc([N+](=O)[O-])cc5)c5cccc(Cl)c5n4)cc3)C(=O)C21. The van der Waals surface area contributed by atoms with Crippen molar-refractivity contribution in [2.24, 2.45) is 23.7 Å². The van der Waals surface area contributed by atoms with Crippen molar-refractivity contribution in [3.8, 4) is 11.3 Å². The van der Waals surface area contributed by atoms with E-state index in [1.165, 1.54) is 40.8 Å². The number of nitro benzene ring substituents is 1. The number of hydrogen-bond acceptors (Lipinski definition) is 8. The summed E-state index contributed by atoms with van der Waals surface area (Å²) in [5, 5.41) is 11.6. The van der Waals surface area contributed by atoms with E-state index >= 15 is 0 Å². The number of fused-ring (bicyclic) bond motifs is 6. The van der Waals surface area contributed by atoms with Crippen LogP contribution < -0.4 is 4.90 Å². The number of rotatable bonds is 7. The van der Waals surface area contributed by atoms with Gasteiger partial charge in [0.15, 0.2) is 12.4 Å². The third-order valence-electron chi connectivity index (χ3n) is 9.05. The Morgan fingerprint density at radius 2 is 1.73 bits per heavy atom. The van der Waals surface area contributed by atoms with Crippen LogP contribution in [0.4, 0.5) is 11.4 Å². The van der Waals surface area contributed by atoms with Crippen molar-refractivity contribution in [1.82, 2.24) is 4.98 Å². The first-order valence-electron chi connectivity index (χ1n) is 14.3. The topological polar surface area (TPSA) is 137 Å². The van der Waals surface area contributed by atoms with E-state index in [1.807, 2.05) is 6.92 Å². The molecule has 45 heavy (non-hydrogen) atoms. The zero-order valence-electron chi connectivity index (χ0n) is 23.8. The number of amides is 2. The van der Waals surface area contributed by atoms with Crippen molar-refractivity contribution < 1.29 is 28.8 Å². The lowest BCUT2D eigenvalue weighted by Crippen LogP contribution is -2.32. The minimum absolute atomic E-state index is 0.106. The molecule has 2 aliphatic carbocycles. The molecule has 0 spiro atoms. The van der Waals surface area contributed by atoms with Crippen molar-refractivity contribution in [3.63, 3.8) is 0 Å². The second-order valence-electron chi connectivity index (χ2n) is 11.5. The average molecular weight is 622 g/mol. The molecular formula is C34H24ClN3O7. The molecule has 224 valence electrons. The summed E-state index contributed by atoms with van der Waals surface area (Å²) in [6.45, 7) is 1.45. The summed E-state index contributed by atoms with van der Waals surface area (Å²) < 4.78 is 5.36. The number of allylic oxidation sites excluding steroid dienone is 2. The number of non-ortho nitro benzene ring substituents is 1. The number of pyridine rings is 1. The molecule has 7 rings (SSSR count). The number of ketones is 1. The number of carbonyl (C=O) groups is 4. The van der Waals surface area contributed by atoms with Gasteiger partial charge in [0.25, 0.3) is 5.69 Å². The van der Waals surface area contributed by atoms with Crippen LogP contribution in [0.3, 0.4) is 0 Å². The van der Waals surface area contributed by atoms with Crippen LogP contribution in [0.2, 0.25) is 5.02 Å². The maximum absolute atomic E-state index is 13.4. The molecule has 2 bridgehead atoms. The maximum Gasteiger partial charge on any atom is 0.339 e. The highest BCUT2D eigenvalue weighted by molar-refractivity contribution is 6.35. The van der Waals surface area contributed by atoms with Crippen LogP contribution in [-0.2, 0) is 14.3 Å². The average Bonchev–Trinajstić information content (AvgIpc) is 3.69. The lowest BCUT2D eigenvalue weighted by atomic mass is 9.82. The molecule has 3 aromatic carbocycles. The van der Waals surface area contributed by atoms with Crippen LogP contribution in [0.5, 0.6) is 0 Å². The maximum atomic E-state index is 13.4. The van der Waals surface area contributed by atoms with Gasteiger partial charge in [-0.1, -0.05) is 47.5 Å². The third kappa shape index (κ3) is 4.69. The molecule has 2 amide bonds. The van der Waals surface area contributed by atoms with Crippen molar-refractivity contribution in [2.45, 2.75) is 13.3 Å².